The average molecular weight is 321 g/mol. The first-order valence-corrected chi connectivity index (χ1v) is 8.37. The molecule has 1 aliphatic heterocycles. The molecule has 23 heavy (non-hydrogen) atoms. The topological polar surface area (TPSA) is 54.5 Å². The highest BCUT2D eigenvalue weighted by atomic mass is 19.1. The fraction of sp³-hybridized carbons (Fsp3) is 0.647. The molecule has 6 heteroatoms. The number of rotatable bonds is 4. The Balaban J connectivity index is 1.75. The number of nitrogens with zero attached hydrogens (tertiary/aromatic N) is 2. The molecule has 1 amide bonds. The highest BCUT2D eigenvalue weighted by molar-refractivity contribution is 5.94. The monoisotopic (exact) mass is 321 g/mol. The van der Waals surface area contributed by atoms with Crippen molar-refractivity contribution in [2.75, 3.05) is 26.3 Å². The van der Waals surface area contributed by atoms with Crippen molar-refractivity contribution < 1.29 is 13.9 Å². The molecule has 126 valence electrons. The van der Waals surface area contributed by atoms with Crippen molar-refractivity contribution in [1.29, 1.82) is 0 Å². The van der Waals surface area contributed by atoms with Crippen LogP contribution in [0, 0.1) is 5.82 Å². The molecular weight excluding hydrogens is 297 g/mol. The molecule has 1 aromatic rings. The maximum atomic E-state index is 13.8. The molecule has 2 heterocycles. The molecule has 1 saturated carbocycles. The third-order valence-electron chi connectivity index (χ3n) is 5.28. The number of aromatic nitrogens is 1. The minimum absolute atomic E-state index is 0.0387. The van der Waals surface area contributed by atoms with Gasteiger partial charge < -0.3 is 10.1 Å². The van der Waals surface area contributed by atoms with Gasteiger partial charge in [0.1, 0.15) is 0 Å². The third kappa shape index (κ3) is 3.23. The van der Waals surface area contributed by atoms with Gasteiger partial charge in [-0.15, -0.1) is 0 Å². The molecule has 0 radical (unpaired) electrons. The SMILES string of the molecule is C[C@H](NC(=O)c1ccncc1F)C1(N2CCOCC2)CCCC1. The number of amides is 1. The predicted molar refractivity (Wildman–Crippen MR) is 84.7 cm³/mol. The number of carbonyl (C=O) groups excluding carboxylic acids is 1. The maximum Gasteiger partial charge on any atom is 0.254 e. The van der Waals surface area contributed by atoms with Gasteiger partial charge in [0, 0.05) is 30.9 Å². The van der Waals surface area contributed by atoms with Gasteiger partial charge in [-0.1, -0.05) is 12.8 Å². The van der Waals surface area contributed by atoms with E-state index in [1.54, 1.807) is 0 Å². The first-order chi connectivity index (χ1) is 11.1. The van der Waals surface area contributed by atoms with Crippen molar-refractivity contribution >= 4 is 5.91 Å². The Bertz CT molecular complexity index is 555. The minimum atomic E-state index is -0.580. The largest absolute Gasteiger partial charge is 0.379 e. The van der Waals surface area contributed by atoms with Crippen LogP contribution in [0.25, 0.3) is 0 Å². The Hall–Kier alpha value is -1.53. The summed E-state index contributed by atoms with van der Waals surface area (Å²) in [6.45, 7) is 5.30. The molecule has 1 aromatic heterocycles. The molecule has 3 rings (SSSR count). The number of morpholine rings is 1. The first-order valence-electron chi connectivity index (χ1n) is 8.37. The van der Waals surface area contributed by atoms with E-state index in [0.29, 0.717) is 0 Å². The zero-order valence-corrected chi connectivity index (χ0v) is 13.6. The van der Waals surface area contributed by atoms with Crippen molar-refractivity contribution in [3.05, 3.63) is 29.8 Å². The van der Waals surface area contributed by atoms with Gasteiger partial charge in [0.05, 0.1) is 25.0 Å². The van der Waals surface area contributed by atoms with E-state index in [1.807, 2.05) is 6.92 Å². The molecule has 1 aliphatic carbocycles. The second kappa shape index (κ2) is 6.93. The van der Waals surface area contributed by atoms with E-state index in [1.165, 1.54) is 25.1 Å². The Kier molecular flexibility index (Phi) is 4.92. The van der Waals surface area contributed by atoms with Gasteiger partial charge in [-0.25, -0.2) is 4.39 Å². The molecule has 1 N–H and O–H groups in total. The number of hydrogen-bond donors (Lipinski definition) is 1. The fourth-order valence-corrected chi connectivity index (χ4v) is 3.99. The fourth-order valence-electron chi connectivity index (χ4n) is 3.99. The standard InChI is InChI=1S/C17H24FN3O2/c1-13(20-16(22)14-4-7-19-12-15(14)18)17(5-2-3-6-17)21-8-10-23-11-9-21/h4,7,12-13H,2-3,5-6,8-11H2,1H3,(H,20,22)/t13-/m0/s1. The van der Waals surface area contributed by atoms with Crippen LogP contribution in [-0.4, -0.2) is 53.7 Å². The molecule has 0 unspecified atom stereocenters. The van der Waals surface area contributed by atoms with Gasteiger partial charge in [-0.2, -0.15) is 0 Å². The summed E-state index contributed by atoms with van der Waals surface area (Å²) in [6, 6.07) is 1.39. The van der Waals surface area contributed by atoms with Crippen molar-refractivity contribution in [1.82, 2.24) is 15.2 Å². The van der Waals surface area contributed by atoms with Gasteiger partial charge in [-0.05, 0) is 25.8 Å². The van der Waals surface area contributed by atoms with E-state index >= 15 is 0 Å². The highest BCUT2D eigenvalue weighted by Crippen LogP contribution is 2.38. The van der Waals surface area contributed by atoms with E-state index in [-0.39, 0.29) is 23.1 Å². The zero-order valence-electron chi connectivity index (χ0n) is 13.6. The lowest BCUT2D eigenvalue weighted by atomic mass is 9.86. The Morgan fingerprint density at radius 1 is 1.39 bits per heavy atom. The van der Waals surface area contributed by atoms with Gasteiger partial charge in [-0.3, -0.25) is 14.7 Å². The van der Waals surface area contributed by atoms with E-state index in [0.717, 1.165) is 45.3 Å². The summed E-state index contributed by atoms with van der Waals surface area (Å²) in [5.41, 5.74) is 0.0186. The minimum Gasteiger partial charge on any atom is -0.379 e. The lowest BCUT2D eigenvalue weighted by Gasteiger charge is -2.47. The maximum absolute atomic E-state index is 13.8. The number of carbonyl (C=O) groups is 1. The summed E-state index contributed by atoms with van der Waals surface area (Å²) in [4.78, 5) is 18.6. The van der Waals surface area contributed by atoms with Gasteiger partial charge in [0.25, 0.3) is 5.91 Å². The smallest absolute Gasteiger partial charge is 0.254 e. The summed E-state index contributed by atoms with van der Waals surface area (Å²) in [6.07, 6.45) is 6.98. The van der Waals surface area contributed by atoms with Crippen LogP contribution >= 0.6 is 0 Å². The quantitative estimate of drug-likeness (QED) is 0.921. The Morgan fingerprint density at radius 2 is 2.09 bits per heavy atom. The predicted octanol–water partition coefficient (Wildman–Crippen LogP) is 1.98. The Morgan fingerprint density at radius 3 is 2.74 bits per heavy atom. The van der Waals surface area contributed by atoms with Crippen LogP contribution in [0.15, 0.2) is 18.5 Å². The normalized spacial score (nSPS) is 22.7. The average Bonchev–Trinajstić information content (AvgIpc) is 3.07. The molecule has 0 bridgehead atoms. The Labute approximate surface area is 136 Å². The summed E-state index contributed by atoms with van der Waals surface area (Å²) in [7, 11) is 0. The molecule has 5 nitrogen and oxygen atoms in total. The van der Waals surface area contributed by atoms with Crippen molar-refractivity contribution in [3.63, 3.8) is 0 Å². The van der Waals surface area contributed by atoms with Crippen LogP contribution in [0.5, 0.6) is 0 Å². The molecule has 1 atom stereocenters. The summed E-state index contributed by atoms with van der Waals surface area (Å²) in [5.74, 6) is -0.944. The van der Waals surface area contributed by atoms with Gasteiger partial charge in [0.2, 0.25) is 0 Å². The number of pyridine rings is 1. The van der Waals surface area contributed by atoms with Crippen molar-refractivity contribution in [2.24, 2.45) is 0 Å². The molecule has 0 spiro atoms. The second-order valence-electron chi connectivity index (χ2n) is 6.46. The third-order valence-corrected chi connectivity index (χ3v) is 5.28. The highest BCUT2D eigenvalue weighted by Gasteiger charge is 2.45. The van der Waals surface area contributed by atoms with Crippen LogP contribution < -0.4 is 5.32 Å². The van der Waals surface area contributed by atoms with Crippen LogP contribution in [0.1, 0.15) is 43.0 Å². The number of halogens is 1. The van der Waals surface area contributed by atoms with Gasteiger partial charge >= 0.3 is 0 Å². The van der Waals surface area contributed by atoms with E-state index < -0.39 is 5.82 Å². The van der Waals surface area contributed by atoms with Crippen molar-refractivity contribution in [2.45, 2.75) is 44.2 Å². The second-order valence-corrected chi connectivity index (χ2v) is 6.46. The zero-order chi connectivity index (χ0) is 16.3. The summed E-state index contributed by atoms with van der Waals surface area (Å²) in [5, 5.41) is 3.03. The molecule has 2 aliphatic rings. The molecule has 2 fully saturated rings. The first kappa shape index (κ1) is 16.3. The van der Waals surface area contributed by atoms with E-state index in [2.05, 4.69) is 15.2 Å². The van der Waals surface area contributed by atoms with Gasteiger partial charge in [0.15, 0.2) is 5.82 Å². The van der Waals surface area contributed by atoms with E-state index in [9.17, 15) is 9.18 Å². The van der Waals surface area contributed by atoms with Crippen LogP contribution in [0.3, 0.4) is 0 Å². The lowest BCUT2D eigenvalue weighted by Crippen LogP contribution is -2.62. The number of nitrogens with one attached hydrogen (secondary N) is 1. The van der Waals surface area contributed by atoms with E-state index in [4.69, 9.17) is 4.74 Å². The van der Waals surface area contributed by atoms with Crippen LogP contribution in [0.4, 0.5) is 4.39 Å². The number of hydrogen-bond acceptors (Lipinski definition) is 4. The van der Waals surface area contributed by atoms with Crippen molar-refractivity contribution in [3.8, 4) is 0 Å². The lowest BCUT2D eigenvalue weighted by molar-refractivity contribution is -0.0323. The summed E-state index contributed by atoms with van der Waals surface area (Å²) < 4.78 is 19.2. The number of ether oxygens (including phenoxy) is 1. The molecular formula is C17H24FN3O2. The van der Waals surface area contributed by atoms with Crippen LogP contribution in [-0.2, 0) is 4.74 Å². The van der Waals surface area contributed by atoms with Crippen LogP contribution in [0.2, 0.25) is 0 Å². The summed E-state index contributed by atoms with van der Waals surface area (Å²) >= 11 is 0. The molecule has 0 aromatic carbocycles. The molecule has 1 saturated heterocycles.